The molecular weight excluding hydrogens is 228 g/mol. The molecular formula is C15H20O3. The van der Waals surface area contributed by atoms with Gasteiger partial charge in [-0.1, -0.05) is 29.8 Å². The van der Waals surface area contributed by atoms with E-state index in [0.717, 1.165) is 11.1 Å². The average molecular weight is 248 g/mol. The second-order valence-corrected chi connectivity index (χ2v) is 4.93. The summed E-state index contributed by atoms with van der Waals surface area (Å²) < 4.78 is 4.92. The summed E-state index contributed by atoms with van der Waals surface area (Å²) in [5.74, 6) is -0.577. The van der Waals surface area contributed by atoms with Crippen LogP contribution in [0.25, 0.3) is 0 Å². The van der Waals surface area contributed by atoms with Crippen molar-refractivity contribution in [2.24, 2.45) is 5.41 Å². The van der Waals surface area contributed by atoms with Crippen molar-refractivity contribution in [1.82, 2.24) is 0 Å². The number of benzene rings is 1. The van der Waals surface area contributed by atoms with Crippen LogP contribution in [0.4, 0.5) is 0 Å². The topological polar surface area (TPSA) is 43.4 Å². The van der Waals surface area contributed by atoms with Crippen molar-refractivity contribution in [1.29, 1.82) is 0 Å². The monoisotopic (exact) mass is 248 g/mol. The molecule has 0 unspecified atom stereocenters. The third kappa shape index (κ3) is 3.42. The Labute approximate surface area is 108 Å². The van der Waals surface area contributed by atoms with Crippen LogP contribution in [0.1, 0.15) is 31.9 Å². The molecule has 0 saturated carbocycles. The molecule has 0 N–H and O–H groups in total. The number of aryl methyl sites for hydroxylation is 1. The van der Waals surface area contributed by atoms with Gasteiger partial charge in [-0.05, 0) is 33.3 Å². The second kappa shape index (κ2) is 5.80. The number of carbonyl (C=O) groups is 2. The fourth-order valence-electron chi connectivity index (χ4n) is 1.54. The van der Waals surface area contributed by atoms with E-state index in [2.05, 4.69) is 0 Å². The molecule has 3 nitrogen and oxygen atoms in total. The first kappa shape index (κ1) is 14.4. The van der Waals surface area contributed by atoms with Crippen molar-refractivity contribution in [2.75, 3.05) is 6.61 Å². The van der Waals surface area contributed by atoms with Crippen molar-refractivity contribution in [2.45, 2.75) is 34.1 Å². The first-order valence-corrected chi connectivity index (χ1v) is 6.14. The Morgan fingerprint density at radius 3 is 2.22 bits per heavy atom. The molecule has 0 saturated heterocycles. The number of Topliss-reactive ketones (excluding diaryl/α,β-unsaturated/α-hetero) is 1. The average Bonchev–Trinajstić information content (AvgIpc) is 2.32. The predicted molar refractivity (Wildman–Crippen MR) is 70.3 cm³/mol. The van der Waals surface area contributed by atoms with Crippen molar-refractivity contribution in [3.63, 3.8) is 0 Å². The number of esters is 1. The lowest BCUT2D eigenvalue weighted by atomic mass is 9.85. The van der Waals surface area contributed by atoms with E-state index in [1.165, 1.54) is 0 Å². The number of ketones is 1. The molecule has 0 aliphatic carbocycles. The van der Waals surface area contributed by atoms with Gasteiger partial charge < -0.3 is 4.74 Å². The fourth-order valence-corrected chi connectivity index (χ4v) is 1.54. The smallest absolute Gasteiger partial charge is 0.319 e. The lowest BCUT2D eigenvalue weighted by molar-refractivity contribution is -0.157. The molecule has 1 aromatic rings. The molecule has 18 heavy (non-hydrogen) atoms. The maximum absolute atomic E-state index is 12.1. The zero-order chi connectivity index (χ0) is 13.8. The van der Waals surface area contributed by atoms with Crippen LogP contribution in [0.5, 0.6) is 0 Å². The van der Waals surface area contributed by atoms with Crippen LogP contribution < -0.4 is 0 Å². The standard InChI is InChI=1S/C15H20O3/c1-5-18-14(17)15(3,4)13(16)10-12-8-6-11(2)7-9-12/h6-9H,5,10H2,1-4H3. The van der Waals surface area contributed by atoms with E-state index in [1.807, 2.05) is 31.2 Å². The normalized spacial score (nSPS) is 11.1. The third-order valence-corrected chi connectivity index (χ3v) is 2.97. The minimum Gasteiger partial charge on any atom is -0.465 e. The van der Waals surface area contributed by atoms with Gasteiger partial charge in [-0.15, -0.1) is 0 Å². The Bertz CT molecular complexity index is 430. The highest BCUT2D eigenvalue weighted by molar-refractivity contribution is 6.03. The van der Waals surface area contributed by atoms with Crippen LogP contribution in [0.15, 0.2) is 24.3 Å². The maximum Gasteiger partial charge on any atom is 0.319 e. The number of hydrogen-bond acceptors (Lipinski definition) is 3. The summed E-state index contributed by atoms with van der Waals surface area (Å²) in [5, 5.41) is 0. The number of ether oxygens (including phenoxy) is 1. The molecule has 1 rings (SSSR count). The molecule has 1 aromatic carbocycles. The summed E-state index contributed by atoms with van der Waals surface area (Å²) in [4.78, 5) is 23.8. The van der Waals surface area contributed by atoms with E-state index in [1.54, 1.807) is 20.8 Å². The summed E-state index contributed by atoms with van der Waals surface area (Å²) >= 11 is 0. The predicted octanol–water partition coefficient (Wildman–Crippen LogP) is 2.70. The molecule has 0 radical (unpaired) electrons. The Balaban J connectivity index is 2.75. The third-order valence-electron chi connectivity index (χ3n) is 2.97. The largest absolute Gasteiger partial charge is 0.465 e. The van der Waals surface area contributed by atoms with Crippen LogP contribution in [0.3, 0.4) is 0 Å². The van der Waals surface area contributed by atoms with Crippen molar-refractivity contribution in [3.05, 3.63) is 35.4 Å². The molecule has 0 amide bonds. The van der Waals surface area contributed by atoms with Crippen molar-refractivity contribution >= 4 is 11.8 Å². The van der Waals surface area contributed by atoms with Gasteiger partial charge in [0.1, 0.15) is 5.41 Å². The molecule has 0 atom stereocenters. The number of carbonyl (C=O) groups excluding carboxylic acids is 2. The van der Waals surface area contributed by atoms with Crippen LogP contribution in [0, 0.1) is 12.3 Å². The van der Waals surface area contributed by atoms with E-state index in [0.29, 0.717) is 6.61 Å². The summed E-state index contributed by atoms with van der Waals surface area (Å²) in [6.07, 6.45) is 0.256. The molecule has 98 valence electrons. The molecule has 3 heteroatoms. The molecule has 0 aliphatic rings. The Morgan fingerprint density at radius 2 is 1.72 bits per heavy atom. The van der Waals surface area contributed by atoms with Gasteiger partial charge in [0.05, 0.1) is 6.61 Å². The highest BCUT2D eigenvalue weighted by Crippen LogP contribution is 2.21. The van der Waals surface area contributed by atoms with E-state index in [9.17, 15) is 9.59 Å². The summed E-state index contributed by atoms with van der Waals surface area (Å²) in [7, 11) is 0. The minimum atomic E-state index is -1.08. The fraction of sp³-hybridized carbons (Fsp3) is 0.467. The quantitative estimate of drug-likeness (QED) is 0.594. The van der Waals surface area contributed by atoms with Gasteiger partial charge in [0.2, 0.25) is 0 Å². The van der Waals surface area contributed by atoms with Crippen LogP contribution in [-0.2, 0) is 20.7 Å². The van der Waals surface area contributed by atoms with Gasteiger partial charge in [-0.2, -0.15) is 0 Å². The minimum absolute atomic E-state index is 0.121. The van der Waals surface area contributed by atoms with Crippen LogP contribution in [-0.4, -0.2) is 18.4 Å². The molecule has 0 bridgehead atoms. The molecule has 0 aliphatic heterocycles. The SMILES string of the molecule is CCOC(=O)C(C)(C)C(=O)Cc1ccc(C)cc1. The van der Waals surface area contributed by atoms with E-state index < -0.39 is 11.4 Å². The summed E-state index contributed by atoms with van der Waals surface area (Å²) in [6, 6.07) is 7.74. The second-order valence-electron chi connectivity index (χ2n) is 4.93. The lowest BCUT2D eigenvalue weighted by Crippen LogP contribution is -2.36. The first-order chi connectivity index (χ1) is 8.37. The Kier molecular flexibility index (Phi) is 4.65. The molecule has 0 fully saturated rings. The van der Waals surface area contributed by atoms with Crippen LogP contribution >= 0.6 is 0 Å². The van der Waals surface area contributed by atoms with E-state index in [4.69, 9.17) is 4.74 Å². The highest BCUT2D eigenvalue weighted by atomic mass is 16.5. The van der Waals surface area contributed by atoms with Gasteiger partial charge >= 0.3 is 5.97 Å². The Morgan fingerprint density at radius 1 is 1.17 bits per heavy atom. The van der Waals surface area contributed by atoms with E-state index in [-0.39, 0.29) is 12.2 Å². The van der Waals surface area contributed by atoms with Crippen molar-refractivity contribution in [3.8, 4) is 0 Å². The zero-order valence-corrected chi connectivity index (χ0v) is 11.4. The first-order valence-electron chi connectivity index (χ1n) is 6.14. The maximum atomic E-state index is 12.1. The summed E-state index contributed by atoms with van der Waals surface area (Å²) in [5.41, 5.74) is 0.986. The molecule has 0 spiro atoms. The summed E-state index contributed by atoms with van der Waals surface area (Å²) in [6.45, 7) is 7.25. The lowest BCUT2D eigenvalue weighted by Gasteiger charge is -2.20. The van der Waals surface area contributed by atoms with Gasteiger partial charge in [-0.25, -0.2) is 0 Å². The van der Waals surface area contributed by atoms with Crippen LogP contribution in [0.2, 0.25) is 0 Å². The zero-order valence-electron chi connectivity index (χ0n) is 11.4. The van der Waals surface area contributed by atoms with Gasteiger partial charge in [0.15, 0.2) is 5.78 Å². The van der Waals surface area contributed by atoms with Gasteiger partial charge in [-0.3, -0.25) is 9.59 Å². The molecule has 0 heterocycles. The number of rotatable bonds is 5. The van der Waals surface area contributed by atoms with E-state index >= 15 is 0 Å². The van der Waals surface area contributed by atoms with Gasteiger partial charge in [0, 0.05) is 6.42 Å². The van der Waals surface area contributed by atoms with Gasteiger partial charge in [0.25, 0.3) is 0 Å². The number of hydrogen-bond donors (Lipinski definition) is 0. The van der Waals surface area contributed by atoms with Crippen molar-refractivity contribution < 1.29 is 14.3 Å². The highest BCUT2D eigenvalue weighted by Gasteiger charge is 2.36. The molecule has 0 aromatic heterocycles. The Hall–Kier alpha value is -1.64.